The van der Waals surface area contributed by atoms with Crippen molar-refractivity contribution in [2.75, 3.05) is 11.8 Å². The van der Waals surface area contributed by atoms with Crippen LogP contribution in [0.4, 0.5) is 5.69 Å². The summed E-state index contributed by atoms with van der Waals surface area (Å²) >= 11 is 0. The van der Waals surface area contributed by atoms with Crippen molar-refractivity contribution in [1.29, 1.82) is 0 Å². The molecule has 2 aromatic rings. The number of nitrogens with one attached hydrogen (secondary N) is 1. The minimum absolute atomic E-state index is 0.603. The maximum Gasteiger partial charge on any atom is 0.338 e. The minimum atomic E-state index is -2.91. The molecule has 0 radical (unpaired) electrons. The summed E-state index contributed by atoms with van der Waals surface area (Å²) < 4.78 is 17.9. The van der Waals surface area contributed by atoms with Crippen molar-refractivity contribution in [3.63, 3.8) is 0 Å². The third kappa shape index (κ3) is 4.15. The van der Waals surface area contributed by atoms with Gasteiger partial charge >= 0.3 is 7.52 Å². The Morgan fingerprint density at radius 3 is 2.26 bits per heavy atom. The van der Waals surface area contributed by atoms with E-state index in [0.29, 0.717) is 5.75 Å². The molecule has 0 aliphatic rings. The smallest absolute Gasteiger partial charge is 0.338 e. The van der Waals surface area contributed by atoms with Crippen molar-refractivity contribution in [2.45, 2.75) is 13.3 Å². The minimum Gasteiger partial charge on any atom is -0.429 e. The van der Waals surface area contributed by atoms with E-state index in [1.54, 1.807) is 18.8 Å². The van der Waals surface area contributed by atoms with E-state index in [4.69, 9.17) is 4.52 Å². The average Bonchev–Trinajstić information content (AvgIpc) is 2.39. The van der Waals surface area contributed by atoms with Crippen molar-refractivity contribution in [1.82, 2.24) is 0 Å². The first-order valence-electron chi connectivity index (χ1n) is 6.28. The maximum atomic E-state index is 12.4. The van der Waals surface area contributed by atoms with Gasteiger partial charge in [-0.3, -0.25) is 4.57 Å². The first kappa shape index (κ1) is 13.7. The Labute approximate surface area is 114 Å². The number of anilines is 1. The number of aryl methyl sites for hydroxylation is 1. The molecule has 0 bridgehead atoms. The number of para-hydroxylation sites is 1. The zero-order chi connectivity index (χ0) is 13.7. The second kappa shape index (κ2) is 5.94. The summed E-state index contributed by atoms with van der Waals surface area (Å²) in [7, 11) is -2.91. The summed E-state index contributed by atoms with van der Waals surface area (Å²) in [6.07, 6.45) is 0.991. The standard InChI is InChI=1S/C15H18NO2P/c1-3-13-9-11-14(12-10-13)16-19(2,17)18-15-7-5-4-6-8-15/h4-12H,3H2,1-2H3,(H,16,17)/t19-/m1/s1. The van der Waals surface area contributed by atoms with Crippen LogP contribution in [0, 0.1) is 0 Å². The van der Waals surface area contributed by atoms with Crippen LogP contribution in [0.25, 0.3) is 0 Å². The molecular formula is C15H18NO2P. The van der Waals surface area contributed by atoms with Gasteiger partial charge in [0.15, 0.2) is 0 Å². The quantitative estimate of drug-likeness (QED) is 0.813. The molecule has 0 heterocycles. The van der Waals surface area contributed by atoms with Crippen molar-refractivity contribution >= 4 is 13.2 Å². The van der Waals surface area contributed by atoms with E-state index in [0.717, 1.165) is 12.1 Å². The number of rotatable bonds is 5. The van der Waals surface area contributed by atoms with Crippen LogP contribution in [0.5, 0.6) is 5.75 Å². The lowest BCUT2D eigenvalue weighted by molar-refractivity contribution is 0.493. The topological polar surface area (TPSA) is 38.3 Å². The Balaban J connectivity index is 2.06. The Hall–Kier alpha value is -1.73. The molecule has 0 amide bonds. The molecule has 0 aliphatic heterocycles. The third-order valence-electron chi connectivity index (χ3n) is 2.72. The summed E-state index contributed by atoms with van der Waals surface area (Å²) in [6.45, 7) is 3.68. The van der Waals surface area contributed by atoms with Crippen LogP contribution < -0.4 is 9.61 Å². The molecule has 19 heavy (non-hydrogen) atoms. The van der Waals surface area contributed by atoms with Crippen molar-refractivity contribution in [3.05, 3.63) is 60.2 Å². The largest absolute Gasteiger partial charge is 0.429 e. The Kier molecular flexibility index (Phi) is 4.28. The summed E-state index contributed by atoms with van der Waals surface area (Å²) in [6, 6.07) is 17.1. The van der Waals surface area contributed by atoms with Crippen LogP contribution >= 0.6 is 7.52 Å². The highest BCUT2D eigenvalue weighted by molar-refractivity contribution is 7.60. The van der Waals surface area contributed by atoms with E-state index in [1.807, 2.05) is 42.5 Å². The van der Waals surface area contributed by atoms with Crippen molar-refractivity contribution in [3.8, 4) is 5.75 Å². The molecular weight excluding hydrogens is 257 g/mol. The van der Waals surface area contributed by atoms with Gasteiger partial charge in [0.1, 0.15) is 5.75 Å². The van der Waals surface area contributed by atoms with Gasteiger partial charge in [-0.2, -0.15) is 0 Å². The van der Waals surface area contributed by atoms with Gasteiger partial charge in [-0.25, -0.2) is 0 Å². The summed E-state index contributed by atoms with van der Waals surface area (Å²) in [5.41, 5.74) is 2.06. The van der Waals surface area contributed by atoms with Gasteiger partial charge in [0, 0.05) is 12.4 Å². The Morgan fingerprint density at radius 1 is 1.05 bits per heavy atom. The predicted molar refractivity (Wildman–Crippen MR) is 80.0 cm³/mol. The number of hydrogen-bond donors (Lipinski definition) is 1. The zero-order valence-corrected chi connectivity index (χ0v) is 12.1. The predicted octanol–water partition coefficient (Wildman–Crippen LogP) is 4.56. The third-order valence-corrected chi connectivity index (χ3v) is 3.94. The van der Waals surface area contributed by atoms with E-state index in [-0.39, 0.29) is 0 Å². The molecule has 3 nitrogen and oxygen atoms in total. The van der Waals surface area contributed by atoms with Crippen LogP contribution in [0.3, 0.4) is 0 Å². The molecule has 1 atom stereocenters. The molecule has 1 N–H and O–H groups in total. The van der Waals surface area contributed by atoms with E-state index < -0.39 is 7.52 Å². The first-order valence-corrected chi connectivity index (χ1v) is 8.35. The van der Waals surface area contributed by atoms with Gasteiger partial charge in [0.25, 0.3) is 0 Å². The fraction of sp³-hybridized carbons (Fsp3) is 0.200. The molecule has 0 saturated heterocycles. The highest BCUT2D eigenvalue weighted by atomic mass is 31.2. The van der Waals surface area contributed by atoms with Crippen LogP contribution in [0.15, 0.2) is 54.6 Å². The summed E-state index contributed by atoms with van der Waals surface area (Å²) in [5.74, 6) is 0.603. The van der Waals surface area contributed by atoms with Crippen LogP contribution in [0.1, 0.15) is 12.5 Å². The average molecular weight is 275 g/mol. The Bertz CT molecular complexity index is 566. The molecule has 0 spiro atoms. The van der Waals surface area contributed by atoms with Gasteiger partial charge in [0.05, 0.1) is 0 Å². The van der Waals surface area contributed by atoms with Gasteiger partial charge < -0.3 is 9.61 Å². The van der Waals surface area contributed by atoms with Gasteiger partial charge in [-0.05, 0) is 36.2 Å². The zero-order valence-electron chi connectivity index (χ0n) is 11.2. The van der Waals surface area contributed by atoms with Crippen LogP contribution in [-0.2, 0) is 11.0 Å². The van der Waals surface area contributed by atoms with Gasteiger partial charge in [0.2, 0.25) is 0 Å². The molecule has 0 aromatic heterocycles. The molecule has 0 fully saturated rings. The molecule has 0 unspecified atom stereocenters. The molecule has 4 heteroatoms. The fourth-order valence-corrected chi connectivity index (χ4v) is 2.94. The number of benzene rings is 2. The molecule has 100 valence electrons. The summed E-state index contributed by atoms with van der Waals surface area (Å²) in [5, 5.41) is 2.95. The van der Waals surface area contributed by atoms with E-state index >= 15 is 0 Å². The second-order valence-corrected chi connectivity index (χ2v) is 6.51. The maximum absolute atomic E-state index is 12.4. The fourth-order valence-electron chi connectivity index (χ4n) is 1.75. The highest BCUT2D eigenvalue weighted by Gasteiger charge is 2.16. The monoisotopic (exact) mass is 275 g/mol. The van der Waals surface area contributed by atoms with E-state index in [9.17, 15) is 4.57 Å². The van der Waals surface area contributed by atoms with Crippen molar-refractivity contribution in [2.24, 2.45) is 0 Å². The van der Waals surface area contributed by atoms with Crippen LogP contribution in [0.2, 0.25) is 0 Å². The molecule has 2 rings (SSSR count). The second-order valence-electron chi connectivity index (χ2n) is 4.41. The SMILES string of the molecule is CCc1ccc(N[P@](C)(=O)Oc2ccccc2)cc1. The summed E-state index contributed by atoms with van der Waals surface area (Å²) in [4.78, 5) is 0. The van der Waals surface area contributed by atoms with Crippen LogP contribution in [-0.4, -0.2) is 6.66 Å². The van der Waals surface area contributed by atoms with Crippen molar-refractivity contribution < 1.29 is 9.09 Å². The van der Waals surface area contributed by atoms with Gasteiger partial charge in [-0.15, -0.1) is 0 Å². The highest BCUT2D eigenvalue weighted by Crippen LogP contribution is 2.43. The molecule has 0 saturated carbocycles. The lowest BCUT2D eigenvalue weighted by atomic mass is 10.2. The Morgan fingerprint density at radius 2 is 1.68 bits per heavy atom. The first-order chi connectivity index (χ1) is 9.09. The van der Waals surface area contributed by atoms with E-state index in [1.165, 1.54) is 5.56 Å². The normalized spacial score (nSPS) is 13.6. The molecule has 0 aliphatic carbocycles. The lowest BCUT2D eigenvalue weighted by Gasteiger charge is -2.17. The van der Waals surface area contributed by atoms with Gasteiger partial charge in [-0.1, -0.05) is 37.3 Å². The van der Waals surface area contributed by atoms with E-state index in [2.05, 4.69) is 12.0 Å². The molecule has 2 aromatic carbocycles. The lowest BCUT2D eigenvalue weighted by Crippen LogP contribution is -2.02. The number of hydrogen-bond acceptors (Lipinski definition) is 2.